The van der Waals surface area contributed by atoms with Gasteiger partial charge in [0.2, 0.25) is 0 Å². The molecule has 2 unspecified atom stereocenters. The highest BCUT2D eigenvalue weighted by Gasteiger charge is 2.55. The molecule has 0 saturated heterocycles. The average molecular weight is 170 g/mol. The first-order valence-electron chi connectivity index (χ1n) is 4.92. The van der Waals surface area contributed by atoms with Gasteiger partial charge in [0.25, 0.3) is 0 Å². The third-order valence-corrected chi connectivity index (χ3v) is 2.99. The topological polar surface area (TPSA) is 29.3 Å². The highest BCUT2D eigenvalue weighted by Crippen LogP contribution is 2.62. The van der Waals surface area contributed by atoms with Crippen LogP contribution >= 0.6 is 0 Å². The fraction of sp³-hybridized carbons (Fsp3) is 1.00. The zero-order valence-corrected chi connectivity index (χ0v) is 8.64. The molecule has 0 aromatic rings. The number of hydrogen-bond acceptors (Lipinski definition) is 2. The molecule has 0 aliphatic heterocycles. The zero-order chi connectivity index (χ0) is 9.19. The van der Waals surface area contributed by atoms with Crippen LogP contribution in [0, 0.1) is 11.3 Å². The first-order valence-corrected chi connectivity index (χ1v) is 4.92. The molecule has 2 fully saturated rings. The van der Waals surface area contributed by atoms with Gasteiger partial charge in [-0.15, -0.1) is 0 Å². The maximum Gasteiger partial charge on any atom is -0.00178 e. The molecule has 72 valence electrons. The smallest absolute Gasteiger partial charge is 0.00178 e. The number of nitrogens with two attached hydrogens (primary N) is 1. The molecule has 0 aromatic carbocycles. The summed E-state index contributed by atoms with van der Waals surface area (Å²) in [6.45, 7) is 0.956. The van der Waals surface area contributed by atoms with Gasteiger partial charge in [-0.05, 0) is 58.3 Å². The molecule has 12 heavy (non-hydrogen) atoms. The van der Waals surface area contributed by atoms with E-state index in [9.17, 15) is 0 Å². The number of fused-ring (bicyclic) bond motifs is 1. The van der Waals surface area contributed by atoms with Gasteiger partial charge in [-0.3, -0.25) is 0 Å². The van der Waals surface area contributed by atoms with E-state index in [2.05, 4.69) is 0 Å². The van der Waals surface area contributed by atoms with Crippen molar-refractivity contribution in [3.05, 3.63) is 0 Å². The van der Waals surface area contributed by atoms with E-state index < -0.39 is 0 Å². The Balaban J connectivity index is 0.000000157. The van der Waals surface area contributed by atoms with E-state index >= 15 is 0 Å². The molecule has 2 heteroatoms. The van der Waals surface area contributed by atoms with Crippen LogP contribution in [-0.4, -0.2) is 32.6 Å². The van der Waals surface area contributed by atoms with Gasteiger partial charge in [0.1, 0.15) is 0 Å². The van der Waals surface area contributed by atoms with Crippen molar-refractivity contribution in [3.8, 4) is 0 Å². The van der Waals surface area contributed by atoms with E-state index in [1.54, 1.807) is 0 Å². The van der Waals surface area contributed by atoms with Crippen LogP contribution in [0.1, 0.15) is 25.7 Å². The van der Waals surface area contributed by atoms with Crippen LogP contribution < -0.4 is 5.73 Å². The summed E-state index contributed by atoms with van der Waals surface area (Å²) in [6, 6.07) is 0. The lowest BCUT2D eigenvalue weighted by Gasteiger charge is -2.04. The summed E-state index contributed by atoms with van der Waals surface area (Å²) in [6.07, 6.45) is 5.79. The SMILES string of the molecule is CN(C)C.NCC12CCCC1C2. The van der Waals surface area contributed by atoms with Gasteiger partial charge >= 0.3 is 0 Å². The van der Waals surface area contributed by atoms with E-state index in [1.807, 2.05) is 26.0 Å². The lowest BCUT2D eigenvalue weighted by atomic mass is 10.1. The summed E-state index contributed by atoms with van der Waals surface area (Å²) < 4.78 is 0. The molecule has 0 spiro atoms. The van der Waals surface area contributed by atoms with E-state index in [4.69, 9.17) is 5.73 Å². The summed E-state index contributed by atoms with van der Waals surface area (Å²) in [4.78, 5) is 2.00. The molecule has 0 radical (unpaired) electrons. The Morgan fingerprint density at radius 2 is 2.00 bits per heavy atom. The summed E-state index contributed by atoms with van der Waals surface area (Å²) >= 11 is 0. The Kier molecular flexibility index (Phi) is 3.13. The third-order valence-electron chi connectivity index (χ3n) is 2.99. The van der Waals surface area contributed by atoms with Crippen molar-refractivity contribution < 1.29 is 0 Å². The number of hydrogen-bond donors (Lipinski definition) is 1. The number of nitrogens with zero attached hydrogens (tertiary/aromatic N) is 1. The molecule has 0 amide bonds. The lowest BCUT2D eigenvalue weighted by molar-refractivity contribution is 0.501. The van der Waals surface area contributed by atoms with Crippen molar-refractivity contribution in [1.29, 1.82) is 0 Å². The summed E-state index contributed by atoms with van der Waals surface area (Å²) in [5.74, 6) is 1.05. The van der Waals surface area contributed by atoms with Crippen molar-refractivity contribution in [1.82, 2.24) is 4.90 Å². The zero-order valence-electron chi connectivity index (χ0n) is 8.64. The second-order valence-electron chi connectivity index (χ2n) is 4.70. The molecule has 2 N–H and O–H groups in total. The van der Waals surface area contributed by atoms with E-state index in [0.29, 0.717) is 5.41 Å². The largest absolute Gasteiger partial charge is 0.330 e. The van der Waals surface area contributed by atoms with Crippen LogP contribution in [0.5, 0.6) is 0 Å². The quantitative estimate of drug-likeness (QED) is 0.643. The van der Waals surface area contributed by atoms with Gasteiger partial charge < -0.3 is 10.6 Å². The van der Waals surface area contributed by atoms with Crippen molar-refractivity contribution in [2.45, 2.75) is 25.7 Å². The van der Waals surface area contributed by atoms with Crippen LogP contribution in [0.15, 0.2) is 0 Å². The molecule has 2 saturated carbocycles. The Labute approximate surface area is 76.1 Å². The second kappa shape index (κ2) is 3.75. The molecule has 2 atom stereocenters. The molecule has 2 nitrogen and oxygen atoms in total. The van der Waals surface area contributed by atoms with Gasteiger partial charge in [0.15, 0.2) is 0 Å². The molecular formula is C10H22N2. The summed E-state index contributed by atoms with van der Waals surface area (Å²) in [5.41, 5.74) is 6.29. The standard InChI is InChI=1S/C7H13N.C3H9N/c8-5-7-3-1-2-6(7)4-7;1-4(2)3/h6H,1-5,8H2;1-3H3. The van der Waals surface area contributed by atoms with Crippen LogP contribution in [-0.2, 0) is 0 Å². The predicted molar refractivity (Wildman–Crippen MR) is 53.1 cm³/mol. The molecule has 0 heterocycles. The van der Waals surface area contributed by atoms with Crippen molar-refractivity contribution in [3.63, 3.8) is 0 Å². The molecule has 2 rings (SSSR count). The lowest BCUT2D eigenvalue weighted by Crippen LogP contribution is -2.14. The fourth-order valence-electron chi connectivity index (χ4n) is 2.20. The van der Waals surface area contributed by atoms with Crippen molar-refractivity contribution in [2.24, 2.45) is 17.1 Å². The molecule has 2 aliphatic rings. The minimum absolute atomic E-state index is 0.681. The van der Waals surface area contributed by atoms with Crippen molar-refractivity contribution >= 4 is 0 Å². The van der Waals surface area contributed by atoms with Crippen molar-refractivity contribution in [2.75, 3.05) is 27.7 Å². The third kappa shape index (κ3) is 2.20. The van der Waals surface area contributed by atoms with Crippen LogP contribution in [0.2, 0.25) is 0 Å². The molecule has 0 aromatic heterocycles. The maximum absolute atomic E-state index is 5.61. The Morgan fingerprint density at radius 1 is 1.42 bits per heavy atom. The first-order chi connectivity index (χ1) is 5.60. The normalized spacial score (nSPS) is 37.2. The van der Waals surface area contributed by atoms with E-state index in [-0.39, 0.29) is 0 Å². The van der Waals surface area contributed by atoms with Gasteiger partial charge in [-0.1, -0.05) is 6.42 Å². The predicted octanol–water partition coefficient (Wildman–Crippen LogP) is 1.31. The summed E-state index contributed by atoms with van der Waals surface area (Å²) in [7, 11) is 6.00. The molecular weight excluding hydrogens is 148 g/mol. The molecule has 2 aliphatic carbocycles. The van der Waals surface area contributed by atoms with Crippen LogP contribution in [0.4, 0.5) is 0 Å². The number of rotatable bonds is 1. The highest BCUT2D eigenvalue weighted by atomic mass is 15.0. The van der Waals surface area contributed by atoms with Gasteiger partial charge in [0.05, 0.1) is 0 Å². The first kappa shape index (κ1) is 10.0. The van der Waals surface area contributed by atoms with E-state index in [0.717, 1.165) is 12.5 Å². The van der Waals surface area contributed by atoms with Crippen LogP contribution in [0.25, 0.3) is 0 Å². The Hall–Kier alpha value is -0.0800. The van der Waals surface area contributed by atoms with Gasteiger partial charge in [0, 0.05) is 0 Å². The monoisotopic (exact) mass is 170 g/mol. The fourth-order valence-corrected chi connectivity index (χ4v) is 2.20. The minimum atomic E-state index is 0.681. The summed E-state index contributed by atoms with van der Waals surface area (Å²) in [5, 5.41) is 0. The maximum atomic E-state index is 5.61. The second-order valence-corrected chi connectivity index (χ2v) is 4.70. The van der Waals surface area contributed by atoms with E-state index in [1.165, 1.54) is 25.7 Å². The van der Waals surface area contributed by atoms with Gasteiger partial charge in [-0.2, -0.15) is 0 Å². The molecule has 0 bridgehead atoms. The van der Waals surface area contributed by atoms with Crippen LogP contribution in [0.3, 0.4) is 0 Å². The Morgan fingerprint density at radius 3 is 2.17 bits per heavy atom. The minimum Gasteiger partial charge on any atom is -0.330 e. The van der Waals surface area contributed by atoms with Gasteiger partial charge in [-0.25, -0.2) is 0 Å². The highest BCUT2D eigenvalue weighted by molar-refractivity contribution is 5.06. The Bertz CT molecular complexity index is 138. The average Bonchev–Trinajstić information content (AvgIpc) is 2.54.